The van der Waals surface area contributed by atoms with Crippen molar-refractivity contribution >= 4 is 17.9 Å². The van der Waals surface area contributed by atoms with E-state index in [0.717, 1.165) is 0 Å². The first-order chi connectivity index (χ1) is 7.94. The lowest BCUT2D eigenvalue weighted by molar-refractivity contribution is -0.140. The number of carboxylic acid groups (broad SMARTS) is 1. The molecule has 0 radical (unpaired) electrons. The van der Waals surface area contributed by atoms with Crippen LogP contribution in [0.3, 0.4) is 0 Å². The molecule has 1 unspecified atom stereocenters. The van der Waals surface area contributed by atoms with Gasteiger partial charge in [0.05, 0.1) is 5.92 Å². The van der Waals surface area contributed by atoms with Gasteiger partial charge in [0.1, 0.15) is 5.54 Å². The van der Waals surface area contributed by atoms with Crippen LogP contribution in [0, 0.1) is 5.92 Å². The van der Waals surface area contributed by atoms with Crippen molar-refractivity contribution < 1.29 is 19.5 Å². The molecule has 2 rings (SSSR count). The number of hydrogen-bond donors (Lipinski definition) is 3. The summed E-state index contributed by atoms with van der Waals surface area (Å²) >= 11 is 0. The largest absolute Gasteiger partial charge is 0.480 e. The van der Waals surface area contributed by atoms with E-state index in [2.05, 4.69) is 5.32 Å². The van der Waals surface area contributed by atoms with Crippen molar-refractivity contribution in [1.82, 2.24) is 10.2 Å². The van der Waals surface area contributed by atoms with Gasteiger partial charge in [0.15, 0.2) is 0 Å². The molecule has 2 fully saturated rings. The number of urea groups is 1. The highest BCUT2D eigenvalue weighted by Crippen LogP contribution is 2.35. The second-order valence-electron chi connectivity index (χ2n) is 4.65. The summed E-state index contributed by atoms with van der Waals surface area (Å²) < 4.78 is 0. The van der Waals surface area contributed by atoms with Crippen LogP contribution >= 0.6 is 0 Å². The van der Waals surface area contributed by atoms with Crippen molar-refractivity contribution in [1.29, 1.82) is 0 Å². The Bertz CT molecular complexity index is 378. The van der Waals surface area contributed by atoms with Crippen LogP contribution in [0.5, 0.6) is 0 Å². The molecular weight excluding hydrogens is 226 g/mol. The number of aliphatic carboxylic acids is 1. The van der Waals surface area contributed by atoms with E-state index in [0.29, 0.717) is 25.8 Å². The van der Waals surface area contributed by atoms with Gasteiger partial charge >= 0.3 is 12.0 Å². The van der Waals surface area contributed by atoms with Crippen LogP contribution in [0.15, 0.2) is 0 Å². The van der Waals surface area contributed by atoms with Crippen molar-refractivity contribution in [3.63, 3.8) is 0 Å². The number of nitrogens with one attached hydrogen (secondary N) is 1. The third-order valence-corrected chi connectivity index (χ3v) is 3.38. The van der Waals surface area contributed by atoms with Gasteiger partial charge in [-0.15, -0.1) is 0 Å². The first kappa shape index (κ1) is 11.7. The van der Waals surface area contributed by atoms with Crippen LogP contribution in [0.4, 0.5) is 4.79 Å². The van der Waals surface area contributed by atoms with E-state index in [-0.39, 0.29) is 12.5 Å². The van der Waals surface area contributed by atoms with Crippen molar-refractivity contribution in [3.05, 3.63) is 0 Å². The lowest BCUT2D eigenvalue weighted by Gasteiger charge is -2.20. The van der Waals surface area contributed by atoms with Crippen molar-refractivity contribution in [2.45, 2.75) is 24.8 Å². The molecule has 7 nitrogen and oxygen atoms in total. The SMILES string of the molecule is NC(=O)C1CCN(C(=O)NC2(C(=O)O)CC2)C1. The maximum Gasteiger partial charge on any atom is 0.329 e. The molecule has 1 heterocycles. The van der Waals surface area contributed by atoms with Gasteiger partial charge in [0.2, 0.25) is 5.91 Å². The van der Waals surface area contributed by atoms with E-state index in [1.54, 1.807) is 0 Å². The number of carbonyl (C=O) groups is 3. The summed E-state index contributed by atoms with van der Waals surface area (Å²) in [5.74, 6) is -1.74. The lowest BCUT2D eigenvalue weighted by atomic mass is 10.1. The minimum Gasteiger partial charge on any atom is -0.480 e. The monoisotopic (exact) mass is 241 g/mol. The lowest BCUT2D eigenvalue weighted by Crippen LogP contribution is -2.49. The van der Waals surface area contributed by atoms with E-state index in [4.69, 9.17) is 10.8 Å². The van der Waals surface area contributed by atoms with Gasteiger partial charge in [-0.25, -0.2) is 9.59 Å². The summed E-state index contributed by atoms with van der Waals surface area (Å²) in [7, 11) is 0. The Morgan fingerprint density at radius 1 is 1.35 bits per heavy atom. The van der Waals surface area contributed by atoms with Gasteiger partial charge in [0, 0.05) is 13.1 Å². The standard InChI is InChI=1S/C10H15N3O4/c11-7(14)6-1-4-13(5-6)9(17)12-10(2-3-10)8(15)16/h6H,1-5H2,(H2,11,14)(H,12,17)(H,15,16). The summed E-state index contributed by atoms with van der Waals surface area (Å²) in [5.41, 5.74) is 4.08. The summed E-state index contributed by atoms with van der Waals surface area (Å²) in [6.07, 6.45) is 1.46. The van der Waals surface area contributed by atoms with Crippen LogP contribution < -0.4 is 11.1 Å². The Morgan fingerprint density at radius 3 is 2.41 bits per heavy atom. The van der Waals surface area contributed by atoms with Crippen LogP contribution in [0.25, 0.3) is 0 Å². The Kier molecular flexibility index (Phi) is 2.68. The molecule has 1 saturated carbocycles. The fraction of sp³-hybridized carbons (Fsp3) is 0.700. The third-order valence-electron chi connectivity index (χ3n) is 3.38. The Labute approximate surface area is 97.9 Å². The first-order valence-corrected chi connectivity index (χ1v) is 5.54. The van der Waals surface area contributed by atoms with Gasteiger partial charge in [-0.1, -0.05) is 0 Å². The second-order valence-corrected chi connectivity index (χ2v) is 4.65. The molecule has 94 valence electrons. The zero-order chi connectivity index (χ0) is 12.6. The topological polar surface area (TPSA) is 113 Å². The summed E-state index contributed by atoms with van der Waals surface area (Å²) in [5, 5.41) is 11.4. The maximum atomic E-state index is 11.8. The van der Waals surface area contributed by atoms with Crippen LogP contribution in [0.1, 0.15) is 19.3 Å². The van der Waals surface area contributed by atoms with Gasteiger partial charge in [-0.2, -0.15) is 0 Å². The molecule has 0 aromatic carbocycles. The number of rotatable bonds is 3. The highest BCUT2D eigenvalue weighted by atomic mass is 16.4. The molecule has 2 aliphatic rings. The molecule has 7 heteroatoms. The van der Waals surface area contributed by atoms with Crippen LogP contribution in [-0.4, -0.2) is 46.5 Å². The maximum absolute atomic E-state index is 11.8. The van der Waals surface area contributed by atoms with Crippen molar-refractivity contribution in [2.75, 3.05) is 13.1 Å². The summed E-state index contributed by atoms with van der Waals surface area (Å²) in [4.78, 5) is 35.1. The molecule has 0 spiro atoms. The smallest absolute Gasteiger partial charge is 0.329 e. The Hall–Kier alpha value is -1.79. The minimum atomic E-state index is -1.08. The average Bonchev–Trinajstić information content (AvgIpc) is 2.87. The first-order valence-electron chi connectivity index (χ1n) is 5.54. The van der Waals surface area contributed by atoms with E-state index >= 15 is 0 Å². The van der Waals surface area contributed by atoms with E-state index in [1.807, 2.05) is 0 Å². The number of nitrogens with zero attached hydrogens (tertiary/aromatic N) is 1. The average molecular weight is 241 g/mol. The van der Waals surface area contributed by atoms with Crippen LogP contribution in [-0.2, 0) is 9.59 Å². The predicted molar refractivity (Wildman–Crippen MR) is 57.0 cm³/mol. The Balaban J connectivity index is 1.90. The van der Waals surface area contributed by atoms with Gasteiger partial charge < -0.3 is 21.1 Å². The second kappa shape index (κ2) is 3.90. The molecule has 1 aliphatic carbocycles. The number of hydrogen-bond acceptors (Lipinski definition) is 3. The number of carbonyl (C=O) groups excluding carboxylic acids is 2. The van der Waals surface area contributed by atoms with Crippen molar-refractivity contribution in [2.24, 2.45) is 11.7 Å². The molecule has 3 amide bonds. The summed E-state index contributed by atoms with van der Waals surface area (Å²) in [6, 6.07) is -0.423. The highest BCUT2D eigenvalue weighted by Gasteiger charge is 2.52. The fourth-order valence-corrected chi connectivity index (χ4v) is 1.98. The van der Waals surface area contributed by atoms with E-state index in [9.17, 15) is 14.4 Å². The molecule has 0 bridgehead atoms. The molecule has 1 aliphatic heterocycles. The molecule has 1 atom stereocenters. The number of carboxylic acids is 1. The molecular formula is C10H15N3O4. The van der Waals surface area contributed by atoms with Crippen molar-refractivity contribution in [3.8, 4) is 0 Å². The van der Waals surface area contributed by atoms with E-state index in [1.165, 1.54) is 4.90 Å². The molecule has 17 heavy (non-hydrogen) atoms. The summed E-state index contributed by atoms with van der Waals surface area (Å²) in [6.45, 7) is 0.714. The van der Waals surface area contributed by atoms with Gasteiger partial charge in [0.25, 0.3) is 0 Å². The van der Waals surface area contributed by atoms with Crippen LogP contribution in [0.2, 0.25) is 0 Å². The number of primary amides is 1. The minimum absolute atomic E-state index is 0.275. The fourth-order valence-electron chi connectivity index (χ4n) is 1.98. The zero-order valence-electron chi connectivity index (χ0n) is 9.31. The number of likely N-dealkylation sites (tertiary alicyclic amines) is 1. The number of amides is 3. The molecule has 4 N–H and O–H groups in total. The number of nitrogens with two attached hydrogens (primary N) is 1. The Morgan fingerprint density at radius 2 is 2.00 bits per heavy atom. The van der Waals surface area contributed by atoms with E-state index < -0.39 is 23.4 Å². The highest BCUT2D eigenvalue weighted by molar-refractivity contribution is 5.89. The normalized spacial score (nSPS) is 25.4. The third kappa shape index (κ3) is 2.17. The predicted octanol–water partition coefficient (Wildman–Crippen LogP) is -0.880. The van der Waals surface area contributed by atoms with Gasteiger partial charge in [-0.05, 0) is 19.3 Å². The molecule has 0 aromatic heterocycles. The van der Waals surface area contributed by atoms with Gasteiger partial charge in [-0.3, -0.25) is 4.79 Å². The quantitative estimate of drug-likeness (QED) is 0.595. The molecule has 1 saturated heterocycles. The zero-order valence-corrected chi connectivity index (χ0v) is 9.31. The molecule has 0 aromatic rings.